The minimum absolute atomic E-state index is 1.30. The molecule has 0 atom stereocenters. The summed E-state index contributed by atoms with van der Waals surface area (Å²) in [7, 11) is -2.60. The van der Waals surface area contributed by atoms with Crippen LogP contribution >= 0.6 is 0 Å². The molecule has 0 aromatic rings. The molecule has 0 saturated carbocycles. The Morgan fingerprint density at radius 3 is 1.43 bits per heavy atom. The molecule has 0 unspecified atom stereocenters. The lowest BCUT2D eigenvalue weighted by molar-refractivity contribution is 0.510. The SMILES string of the molecule is C[Si]1(C)CCCCCCC[Si](C)(C)O1. The minimum atomic E-state index is -1.30. The number of hydrogen-bond donors (Lipinski definition) is 0. The normalized spacial score (nSPS) is 28.3. The van der Waals surface area contributed by atoms with E-state index in [0.717, 1.165) is 0 Å². The Labute approximate surface area is 91.5 Å². The fraction of sp³-hybridized carbons (Fsp3) is 1.00. The molecule has 14 heavy (non-hydrogen) atoms. The van der Waals surface area contributed by atoms with Gasteiger partial charge in [0.25, 0.3) is 0 Å². The number of hydrogen-bond acceptors (Lipinski definition) is 1. The second kappa shape index (κ2) is 4.95. The Morgan fingerprint density at radius 2 is 1.00 bits per heavy atom. The highest BCUT2D eigenvalue weighted by Crippen LogP contribution is 2.27. The molecule has 0 bridgehead atoms. The zero-order valence-electron chi connectivity index (χ0n) is 10.4. The van der Waals surface area contributed by atoms with E-state index in [-0.39, 0.29) is 0 Å². The summed E-state index contributed by atoms with van der Waals surface area (Å²) in [6.45, 7) is 9.62. The standard InChI is InChI=1S/C11H26OSi2/c1-13(2)10-8-6-5-7-9-11-14(3,4)12-13/h5-11H2,1-4H3. The predicted octanol–water partition coefficient (Wildman–Crippen LogP) is 4.38. The van der Waals surface area contributed by atoms with Gasteiger partial charge < -0.3 is 4.12 Å². The van der Waals surface area contributed by atoms with Gasteiger partial charge in [0, 0.05) is 0 Å². The average Bonchev–Trinajstić information content (AvgIpc) is 1.99. The molecule has 1 aliphatic rings. The van der Waals surface area contributed by atoms with Crippen molar-refractivity contribution in [3.8, 4) is 0 Å². The van der Waals surface area contributed by atoms with E-state index in [4.69, 9.17) is 4.12 Å². The van der Waals surface area contributed by atoms with Gasteiger partial charge in [0.1, 0.15) is 0 Å². The van der Waals surface area contributed by atoms with Gasteiger partial charge in [0.05, 0.1) is 0 Å². The summed E-state index contributed by atoms with van der Waals surface area (Å²) in [6.07, 6.45) is 7.13. The van der Waals surface area contributed by atoms with Crippen molar-refractivity contribution in [3.63, 3.8) is 0 Å². The zero-order chi connectivity index (χ0) is 10.7. The maximum absolute atomic E-state index is 6.48. The van der Waals surface area contributed by atoms with E-state index < -0.39 is 16.6 Å². The molecule has 1 rings (SSSR count). The van der Waals surface area contributed by atoms with E-state index in [2.05, 4.69) is 26.2 Å². The van der Waals surface area contributed by atoms with Crippen molar-refractivity contribution in [2.75, 3.05) is 0 Å². The maximum Gasteiger partial charge on any atom is 0.173 e. The van der Waals surface area contributed by atoms with Gasteiger partial charge in [-0.25, -0.2) is 0 Å². The maximum atomic E-state index is 6.48. The molecule has 84 valence electrons. The third-order valence-corrected chi connectivity index (χ3v) is 10.6. The molecule has 1 saturated heterocycles. The first-order valence-corrected chi connectivity index (χ1v) is 12.3. The lowest BCUT2D eigenvalue weighted by atomic mass is 10.2. The second-order valence-corrected chi connectivity index (χ2v) is 14.7. The molecule has 0 amide bonds. The zero-order valence-corrected chi connectivity index (χ0v) is 12.4. The van der Waals surface area contributed by atoms with E-state index in [1.807, 2.05) is 0 Å². The Kier molecular flexibility index (Phi) is 4.40. The van der Waals surface area contributed by atoms with Crippen molar-refractivity contribution in [3.05, 3.63) is 0 Å². The topological polar surface area (TPSA) is 9.23 Å². The van der Waals surface area contributed by atoms with Crippen molar-refractivity contribution in [2.45, 2.75) is 70.4 Å². The van der Waals surface area contributed by atoms with Crippen molar-refractivity contribution in [1.29, 1.82) is 0 Å². The van der Waals surface area contributed by atoms with Crippen LogP contribution in [0.25, 0.3) is 0 Å². The van der Waals surface area contributed by atoms with Crippen molar-refractivity contribution in [2.24, 2.45) is 0 Å². The van der Waals surface area contributed by atoms with Crippen LogP contribution in [0.15, 0.2) is 0 Å². The lowest BCUT2D eigenvalue weighted by Gasteiger charge is -2.35. The molecule has 0 aromatic heterocycles. The van der Waals surface area contributed by atoms with Gasteiger partial charge in [-0.2, -0.15) is 0 Å². The lowest BCUT2D eigenvalue weighted by Crippen LogP contribution is -2.44. The molecular weight excluding hydrogens is 204 g/mol. The average molecular weight is 230 g/mol. The molecule has 1 nitrogen and oxygen atoms in total. The summed E-state index contributed by atoms with van der Waals surface area (Å²) in [6, 6.07) is 2.76. The summed E-state index contributed by atoms with van der Waals surface area (Å²) in [5.74, 6) is 0. The third kappa shape index (κ3) is 4.76. The first-order chi connectivity index (χ1) is 6.41. The van der Waals surface area contributed by atoms with Gasteiger partial charge in [-0.05, 0) is 38.3 Å². The van der Waals surface area contributed by atoms with Crippen LogP contribution in [0.3, 0.4) is 0 Å². The largest absolute Gasteiger partial charge is 0.455 e. The van der Waals surface area contributed by atoms with Gasteiger partial charge in [-0.1, -0.05) is 32.1 Å². The Balaban J connectivity index is 2.55. The van der Waals surface area contributed by atoms with E-state index in [9.17, 15) is 0 Å². The first kappa shape index (κ1) is 12.5. The highest BCUT2D eigenvalue weighted by molar-refractivity contribution is 6.84. The molecule has 0 N–H and O–H groups in total. The molecule has 0 spiro atoms. The van der Waals surface area contributed by atoms with E-state index in [1.54, 1.807) is 0 Å². The van der Waals surface area contributed by atoms with Crippen molar-refractivity contribution < 1.29 is 4.12 Å². The Hall–Kier alpha value is 0.394. The van der Waals surface area contributed by atoms with Crippen LogP contribution in [0.5, 0.6) is 0 Å². The summed E-state index contributed by atoms with van der Waals surface area (Å²) in [4.78, 5) is 0. The molecule has 0 radical (unpaired) electrons. The fourth-order valence-corrected chi connectivity index (χ4v) is 11.5. The van der Waals surface area contributed by atoms with Crippen LogP contribution in [0, 0.1) is 0 Å². The van der Waals surface area contributed by atoms with Crippen LogP contribution in [-0.2, 0) is 4.12 Å². The van der Waals surface area contributed by atoms with Crippen LogP contribution < -0.4 is 0 Å². The second-order valence-electron chi connectivity index (χ2n) is 5.89. The summed E-state index contributed by atoms with van der Waals surface area (Å²) < 4.78 is 6.48. The predicted molar refractivity (Wildman–Crippen MR) is 68.7 cm³/mol. The van der Waals surface area contributed by atoms with Crippen molar-refractivity contribution in [1.82, 2.24) is 0 Å². The van der Waals surface area contributed by atoms with Gasteiger partial charge in [-0.15, -0.1) is 0 Å². The number of rotatable bonds is 0. The monoisotopic (exact) mass is 230 g/mol. The Morgan fingerprint density at radius 1 is 0.643 bits per heavy atom. The third-order valence-electron chi connectivity index (χ3n) is 3.11. The molecular formula is C11H26OSi2. The quantitative estimate of drug-likeness (QED) is 0.561. The fourth-order valence-electron chi connectivity index (χ4n) is 2.48. The summed E-state index contributed by atoms with van der Waals surface area (Å²) in [5, 5.41) is 0. The molecule has 1 fully saturated rings. The molecule has 0 aliphatic carbocycles. The molecule has 3 heteroatoms. The van der Waals surface area contributed by atoms with Gasteiger partial charge >= 0.3 is 0 Å². The highest BCUT2D eigenvalue weighted by Gasteiger charge is 2.32. The molecule has 1 heterocycles. The van der Waals surface area contributed by atoms with Gasteiger partial charge in [-0.3, -0.25) is 0 Å². The van der Waals surface area contributed by atoms with Crippen LogP contribution in [0.1, 0.15) is 32.1 Å². The van der Waals surface area contributed by atoms with E-state index in [1.165, 1.54) is 44.2 Å². The first-order valence-electron chi connectivity index (χ1n) is 6.12. The van der Waals surface area contributed by atoms with Crippen molar-refractivity contribution >= 4 is 16.6 Å². The minimum Gasteiger partial charge on any atom is -0.455 e. The molecule has 1 aliphatic heterocycles. The van der Waals surface area contributed by atoms with Crippen LogP contribution in [-0.4, -0.2) is 16.6 Å². The van der Waals surface area contributed by atoms with E-state index in [0.29, 0.717) is 0 Å². The van der Waals surface area contributed by atoms with E-state index >= 15 is 0 Å². The van der Waals surface area contributed by atoms with Crippen LogP contribution in [0.2, 0.25) is 38.3 Å². The summed E-state index contributed by atoms with van der Waals surface area (Å²) in [5.41, 5.74) is 0. The highest BCUT2D eigenvalue weighted by atomic mass is 28.4. The molecule has 0 aromatic carbocycles. The van der Waals surface area contributed by atoms with Gasteiger partial charge in [0.15, 0.2) is 16.6 Å². The Bertz CT molecular complexity index is 160. The van der Waals surface area contributed by atoms with Crippen LogP contribution in [0.4, 0.5) is 0 Å². The smallest absolute Gasteiger partial charge is 0.173 e. The summed E-state index contributed by atoms with van der Waals surface area (Å²) >= 11 is 0. The van der Waals surface area contributed by atoms with Gasteiger partial charge in [0.2, 0.25) is 0 Å².